The topological polar surface area (TPSA) is 73.2 Å². The highest BCUT2D eigenvalue weighted by atomic mass is 16.2. The number of carbonyl (C=O) groups excluding carboxylic acids is 2. The van der Waals surface area contributed by atoms with E-state index in [1.807, 2.05) is 6.07 Å². The van der Waals surface area contributed by atoms with Gasteiger partial charge in [0.05, 0.1) is 19.0 Å². The van der Waals surface area contributed by atoms with E-state index in [1.54, 1.807) is 0 Å². The lowest BCUT2D eigenvalue weighted by Crippen LogP contribution is -2.31. The van der Waals surface area contributed by atoms with Gasteiger partial charge in [0, 0.05) is 6.54 Å². The van der Waals surface area contributed by atoms with Crippen LogP contribution in [0.1, 0.15) is 6.42 Å². The summed E-state index contributed by atoms with van der Waals surface area (Å²) in [5.41, 5.74) is 0. The fourth-order valence-electron chi connectivity index (χ4n) is 0.843. The van der Waals surface area contributed by atoms with E-state index >= 15 is 0 Å². The Labute approximate surface area is 63.6 Å². The Kier molecular flexibility index (Phi) is 2.06. The minimum Gasteiger partial charge on any atom is -0.329 e. The smallest absolute Gasteiger partial charge is 0.324 e. The average molecular weight is 153 g/mol. The van der Waals surface area contributed by atoms with E-state index in [2.05, 4.69) is 5.32 Å². The zero-order valence-electron chi connectivity index (χ0n) is 5.83. The largest absolute Gasteiger partial charge is 0.329 e. The number of hydrogen-bond acceptors (Lipinski definition) is 3. The number of amides is 3. The van der Waals surface area contributed by atoms with Gasteiger partial charge in [-0.1, -0.05) is 0 Å². The third-order valence-corrected chi connectivity index (χ3v) is 1.38. The van der Waals surface area contributed by atoms with Gasteiger partial charge in [0.1, 0.15) is 0 Å². The Morgan fingerprint density at radius 1 is 1.64 bits per heavy atom. The maximum Gasteiger partial charge on any atom is 0.324 e. The predicted octanol–water partition coefficient (Wildman–Crippen LogP) is -0.548. The van der Waals surface area contributed by atoms with Gasteiger partial charge in [0.25, 0.3) is 0 Å². The molecular formula is C6H7N3O2. The highest BCUT2D eigenvalue weighted by Crippen LogP contribution is 1.98. The van der Waals surface area contributed by atoms with E-state index in [-0.39, 0.29) is 25.4 Å². The second kappa shape index (κ2) is 3.01. The van der Waals surface area contributed by atoms with Gasteiger partial charge in [-0.05, 0) is 0 Å². The highest BCUT2D eigenvalue weighted by Gasteiger charge is 2.27. The van der Waals surface area contributed by atoms with Crippen LogP contribution in [-0.2, 0) is 4.79 Å². The van der Waals surface area contributed by atoms with E-state index in [9.17, 15) is 9.59 Å². The van der Waals surface area contributed by atoms with Crippen LogP contribution >= 0.6 is 0 Å². The van der Waals surface area contributed by atoms with Crippen LogP contribution in [0.4, 0.5) is 4.79 Å². The Morgan fingerprint density at radius 2 is 2.36 bits per heavy atom. The van der Waals surface area contributed by atoms with Crippen molar-refractivity contribution in [1.29, 1.82) is 5.26 Å². The lowest BCUT2D eigenvalue weighted by molar-refractivity contribution is -0.124. The molecule has 0 spiro atoms. The van der Waals surface area contributed by atoms with E-state index in [0.29, 0.717) is 0 Å². The maximum atomic E-state index is 10.8. The van der Waals surface area contributed by atoms with Gasteiger partial charge < -0.3 is 5.32 Å². The van der Waals surface area contributed by atoms with Gasteiger partial charge in [0.15, 0.2) is 0 Å². The first-order valence-corrected chi connectivity index (χ1v) is 3.21. The molecule has 0 aromatic rings. The van der Waals surface area contributed by atoms with Gasteiger partial charge in [0.2, 0.25) is 5.91 Å². The summed E-state index contributed by atoms with van der Waals surface area (Å²) < 4.78 is 0. The summed E-state index contributed by atoms with van der Waals surface area (Å²) in [4.78, 5) is 22.6. The molecule has 5 nitrogen and oxygen atoms in total. The molecule has 5 heteroatoms. The van der Waals surface area contributed by atoms with Crippen molar-refractivity contribution in [2.75, 3.05) is 13.1 Å². The molecular weight excluding hydrogens is 146 g/mol. The zero-order valence-corrected chi connectivity index (χ0v) is 5.83. The van der Waals surface area contributed by atoms with Gasteiger partial charge in [-0.15, -0.1) is 0 Å². The van der Waals surface area contributed by atoms with Gasteiger partial charge >= 0.3 is 6.03 Å². The first-order valence-electron chi connectivity index (χ1n) is 3.21. The Balaban J connectivity index is 2.49. The second-order valence-corrected chi connectivity index (χ2v) is 2.11. The van der Waals surface area contributed by atoms with Crippen LogP contribution in [0.3, 0.4) is 0 Å². The van der Waals surface area contributed by atoms with Crippen LogP contribution in [0.15, 0.2) is 0 Å². The number of nitrogens with zero attached hydrogens (tertiary/aromatic N) is 2. The molecule has 0 aliphatic carbocycles. The van der Waals surface area contributed by atoms with Crippen LogP contribution in [0.25, 0.3) is 0 Å². The molecule has 1 saturated heterocycles. The quantitative estimate of drug-likeness (QED) is 0.541. The first-order chi connectivity index (χ1) is 5.25. The van der Waals surface area contributed by atoms with Crippen LogP contribution in [0, 0.1) is 11.3 Å². The molecule has 1 rings (SSSR count). The standard InChI is InChI=1S/C6H7N3O2/c7-2-1-3-9-5(10)4-8-6(9)11/h1,3-4H2,(H,8,11). The van der Waals surface area contributed by atoms with Crippen molar-refractivity contribution in [2.24, 2.45) is 0 Å². The molecule has 1 aliphatic heterocycles. The lowest BCUT2D eigenvalue weighted by atomic mass is 10.4. The Morgan fingerprint density at radius 3 is 2.82 bits per heavy atom. The van der Waals surface area contributed by atoms with Crippen LogP contribution in [-0.4, -0.2) is 29.9 Å². The monoisotopic (exact) mass is 153 g/mol. The van der Waals surface area contributed by atoms with Crippen molar-refractivity contribution in [3.63, 3.8) is 0 Å². The molecule has 1 fully saturated rings. The number of nitriles is 1. The minimum atomic E-state index is -0.398. The summed E-state index contributed by atoms with van der Waals surface area (Å²) in [6.45, 7) is 0.255. The lowest BCUT2D eigenvalue weighted by Gasteiger charge is -2.07. The molecule has 0 radical (unpaired) electrons. The van der Waals surface area contributed by atoms with Crippen molar-refractivity contribution in [1.82, 2.24) is 10.2 Å². The molecule has 0 atom stereocenters. The van der Waals surface area contributed by atoms with E-state index < -0.39 is 6.03 Å². The van der Waals surface area contributed by atoms with Crippen molar-refractivity contribution < 1.29 is 9.59 Å². The molecule has 0 saturated carbocycles. The van der Waals surface area contributed by atoms with Crippen molar-refractivity contribution in [3.05, 3.63) is 0 Å². The third kappa shape index (κ3) is 1.46. The molecule has 1 aliphatic rings. The number of hydrogen-bond donors (Lipinski definition) is 1. The number of carbonyl (C=O) groups is 2. The summed E-state index contributed by atoms with van der Waals surface area (Å²) in [5.74, 6) is -0.259. The highest BCUT2D eigenvalue weighted by molar-refractivity contribution is 6.01. The third-order valence-electron chi connectivity index (χ3n) is 1.38. The summed E-state index contributed by atoms with van der Waals surface area (Å²) in [5, 5.41) is 10.5. The number of urea groups is 1. The molecule has 1 heterocycles. The summed E-state index contributed by atoms with van der Waals surface area (Å²) in [6.07, 6.45) is 0.194. The maximum absolute atomic E-state index is 10.8. The Bertz CT molecular complexity index is 214. The molecule has 0 unspecified atom stereocenters. The molecule has 0 bridgehead atoms. The predicted molar refractivity (Wildman–Crippen MR) is 35.3 cm³/mol. The second-order valence-electron chi connectivity index (χ2n) is 2.11. The molecule has 1 N–H and O–H groups in total. The molecule has 58 valence electrons. The molecule has 0 aromatic heterocycles. The van der Waals surface area contributed by atoms with Crippen LogP contribution < -0.4 is 5.32 Å². The van der Waals surface area contributed by atoms with Crippen molar-refractivity contribution >= 4 is 11.9 Å². The molecule has 3 amide bonds. The fraction of sp³-hybridized carbons (Fsp3) is 0.500. The summed E-state index contributed by atoms with van der Waals surface area (Å²) >= 11 is 0. The van der Waals surface area contributed by atoms with Crippen LogP contribution in [0.2, 0.25) is 0 Å². The number of rotatable bonds is 2. The van der Waals surface area contributed by atoms with Crippen molar-refractivity contribution in [3.8, 4) is 6.07 Å². The summed E-state index contributed by atoms with van der Waals surface area (Å²) in [6, 6.07) is 1.46. The average Bonchev–Trinajstić information content (AvgIpc) is 2.29. The molecule has 0 aromatic carbocycles. The SMILES string of the molecule is N#CCCN1C(=O)CNC1=O. The summed E-state index contributed by atoms with van der Waals surface area (Å²) in [7, 11) is 0. The van der Waals surface area contributed by atoms with Gasteiger partial charge in [-0.2, -0.15) is 5.26 Å². The van der Waals surface area contributed by atoms with Crippen LogP contribution in [0.5, 0.6) is 0 Å². The van der Waals surface area contributed by atoms with Gasteiger partial charge in [-0.3, -0.25) is 9.69 Å². The minimum absolute atomic E-state index is 0.0598. The van der Waals surface area contributed by atoms with E-state index in [1.165, 1.54) is 0 Å². The number of imide groups is 1. The molecule has 11 heavy (non-hydrogen) atoms. The number of nitrogens with one attached hydrogen (secondary N) is 1. The zero-order chi connectivity index (χ0) is 8.27. The van der Waals surface area contributed by atoms with E-state index in [0.717, 1.165) is 4.90 Å². The van der Waals surface area contributed by atoms with Gasteiger partial charge in [-0.25, -0.2) is 4.79 Å². The normalized spacial score (nSPS) is 16.5. The van der Waals surface area contributed by atoms with E-state index in [4.69, 9.17) is 5.26 Å². The Hall–Kier alpha value is -1.57. The van der Waals surface area contributed by atoms with Crippen molar-refractivity contribution in [2.45, 2.75) is 6.42 Å². The first kappa shape index (κ1) is 7.54. The fourth-order valence-corrected chi connectivity index (χ4v) is 0.843.